The molecule has 0 aliphatic heterocycles. The predicted molar refractivity (Wildman–Crippen MR) is 92.2 cm³/mol. The van der Waals surface area contributed by atoms with Crippen LogP contribution in [0.25, 0.3) is 0 Å². The zero-order valence-electron chi connectivity index (χ0n) is 12.1. The Labute approximate surface area is 136 Å². The quantitative estimate of drug-likeness (QED) is 0.793. The van der Waals surface area contributed by atoms with E-state index in [1.807, 2.05) is 0 Å². The van der Waals surface area contributed by atoms with Gasteiger partial charge in [0, 0.05) is 22.2 Å². The molecule has 0 aromatic carbocycles. The van der Waals surface area contributed by atoms with E-state index in [1.165, 1.54) is 14.4 Å². The highest BCUT2D eigenvalue weighted by molar-refractivity contribution is 9.10. The first-order valence-electron chi connectivity index (χ1n) is 6.69. The summed E-state index contributed by atoms with van der Waals surface area (Å²) in [5.41, 5.74) is 0.570. The second-order valence-corrected chi connectivity index (χ2v) is 7.08. The molecule has 0 radical (unpaired) electrons. The van der Waals surface area contributed by atoms with E-state index < -0.39 is 0 Å². The molecule has 0 aliphatic rings. The van der Waals surface area contributed by atoms with Crippen LogP contribution in [0, 0.1) is 6.92 Å². The molecule has 1 atom stereocenters. The molecule has 6 heteroatoms. The van der Waals surface area contributed by atoms with E-state index in [-0.39, 0.29) is 11.6 Å². The van der Waals surface area contributed by atoms with Gasteiger partial charge in [-0.05, 0) is 41.9 Å². The van der Waals surface area contributed by atoms with E-state index in [0.717, 1.165) is 12.1 Å². The number of thiophene rings is 1. The van der Waals surface area contributed by atoms with Crippen molar-refractivity contribution in [1.82, 2.24) is 9.78 Å². The third kappa shape index (κ3) is 4.04. The molecule has 4 nitrogen and oxygen atoms in total. The topological polar surface area (TPSA) is 46.9 Å². The summed E-state index contributed by atoms with van der Waals surface area (Å²) >= 11 is 5.15. The Balaban J connectivity index is 2.10. The Bertz CT molecular complexity index is 692. The summed E-state index contributed by atoms with van der Waals surface area (Å²) in [7, 11) is 0. The Morgan fingerprint density at radius 2 is 2.33 bits per heavy atom. The summed E-state index contributed by atoms with van der Waals surface area (Å²) in [6.07, 6.45) is 4.24. The lowest BCUT2D eigenvalue weighted by molar-refractivity contribution is 0.647. The van der Waals surface area contributed by atoms with Crippen LogP contribution >= 0.6 is 27.3 Å². The molecule has 0 bridgehead atoms. The highest BCUT2D eigenvalue weighted by Crippen LogP contribution is 2.21. The molecule has 21 heavy (non-hydrogen) atoms. The normalized spacial score (nSPS) is 12.1. The molecule has 0 amide bonds. The average molecular weight is 368 g/mol. The number of hydrogen-bond acceptors (Lipinski definition) is 4. The van der Waals surface area contributed by atoms with Crippen LogP contribution < -0.4 is 10.9 Å². The van der Waals surface area contributed by atoms with E-state index in [0.29, 0.717) is 11.0 Å². The fraction of sp³-hybridized carbons (Fsp3) is 0.333. The summed E-state index contributed by atoms with van der Waals surface area (Å²) < 4.78 is 1.88. The van der Waals surface area contributed by atoms with Gasteiger partial charge in [0.15, 0.2) is 0 Å². The first kappa shape index (κ1) is 16.0. The second kappa shape index (κ2) is 7.04. The largest absolute Gasteiger partial charge is 0.380 e. The van der Waals surface area contributed by atoms with Crippen molar-refractivity contribution in [3.05, 3.63) is 55.6 Å². The van der Waals surface area contributed by atoms with Crippen molar-refractivity contribution < 1.29 is 0 Å². The number of halogens is 1. The lowest BCUT2D eigenvalue weighted by Crippen LogP contribution is -2.26. The first-order valence-corrected chi connectivity index (χ1v) is 8.30. The molecule has 0 spiro atoms. The van der Waals surface area contributed by atoms with E-state index in [4.69, 9.17) is 0 Å². The Kier molecular flexibility index (Phi) is 5.36. The molecule has 0 fully saturated rings. The molecular formula is C15H18BrN3OS. The van der Waals surface area contributed by atoms with Crippen LogP contribution in [0.1, 0.15) is 16.7 Å². The van der Waals surface area contributed by atoms with Gasteiger partial charge in [0.25, 0.3) is 5.56 Å². The van der Waals surface area contributed by atoms with Crippen molar-refractivity contribution in [1.29, 1.82) is 0 Å². The van der Waals surface area contributed by atoms with Crippen LogP contribution in [0.15, 0.2) is 40.3 Å². The highest BCUT2D eigenvalue weighted by Gasteiger charge is 2.11. The fourth-order valence-corrected chi connectivity index (χ4v) is 3.47. The standard InChI is InChI=1S/C15H18BrN3OS/c1-4-7-19-15(20)14(16)13(9-17-19)18-10(2)8-12-6-5-11(3)21-12/h4-6,9-10,18H,1,7-8H2,2-3H3. The maximum Gasteiger partial charge on any atom is 0.283 e. The van der Waals surface area contributed by atoms with Gasteiger partial charge >= 0.3 is 0 Å². The molecule has 0 saturated heterocycles. The zero-order chi connectivity index (χ0) is 15.4. The lowest BCUT2D eigenvalue weighted by atomic mass is 10.2. The maximum atomic E-state index is 12.1. The van der Waals surface area contributed by atoms with E-state index in [2.05, 4.69) is 58.9 Å². The number of aryl methyl sites for hydroxylation is 1. The Morgan fingerprint density at radius 1 is 1.57 bits per heavy atom. The predicted octanol–water partition coefficient (Wildman–Crippen LogP) is 3.60. The summed E-state index contributed by atoms with van der Waals surface area (Å²) in [6, 6.07) is 4.49. The minimum atomic E-state index is -0.154. The van der Waals surface area contributed by atoms with E-state index in [1.54, 1.807) is 23.6 Å². The van der Waals surface area contributed by atoms with Gasteiger partial charge in [-0.1, -0.05) is 6.08 Å². The van der Waals surface area contributed by atoms with Crippen molar-refractivity contribution in [2.45, 2.75) is 32.9 Å². The fourth-order valence-electron chi connectivity index (χ4n) is 2.03. The number of nitrogens with one attached hydrogen (secondary N) is 1. The van der Waals surface area contributed by atoms with Gasteiger partial charge in [0.1, 0.15) is 4.47 Å². The lowest BCUT2D eigenvalue weighted by Gasteiger charge is -2.15. The van der Waals surface area contributed by atoms with Gasteiger partial charge in [0.05, 0.1) is 18.4 Å². The Morgan fingerprint density at radius 3 is 2.95 bits per heavy atom. The van der Waals surface area contributed by atoms with Crippen molar-refractivity contribution in [3.8, 4) is 0 Å². The summed E-state index contributed by atoms with van der Waals surface area (Å²) in [6.45, 7) is 8.22. The van der Waals surface area contributed by atoms with Gasteiger partial charge in [0.2, 0.25) is 0 Å². The molecule has 2 rings (SSSR count). The Hall–Kier alpha value is -1.40. The van der Waals surface area contributed by atoms with Crippen molar-refractivity contribution in [2.75, 3.05) is 5.32 Å². The minimum Gasteiger partial charge on any atom is -0.380 e. The summed E-state index contributed by atoms with van der Waals surface area (Å²) in [4.78, 5) is 14.7. The third-order valence-corrected chi connectivity index (χ3v) is 4.78. The third-order valence-electron chi connectivity index (χ3n) is 2.99. The van der Waals surface area contributed by atoms with Gasteiger partial charge < -0.3 is 5.32 Å². The molecule has 2 aromatic heterocycles. The highest BCUT2D eigenvalue weighted by atomic mass is 79.9. The van der Waals surface area contributed by atoms with Crippen molar-refractivity contribution in [2.24, 2.45) is 0 Å². The van der Waals surface area contributed by atoms with Crippen LogP contribution in [0.3, 0.4) is 0 Å². The van der Waals surface area contributed by atoms with Crippen molar-refractivity contribution >= 4 is 33.0 Å². The molecule has 2 heterocycles. The number of rotatable bonds is 6. The minimum absolute atomic E-state index is 0.154. The number of hydrogen-bond donors (Lipinski definition) is 1. The number of nitrogens with zero attached hydrogens (tertiary/aromatic N) is 2. The first-order chi connectivity index (χ1) is 10.0. The van der Waals surface area contributed by atoms with Crippen LogP contribution in [-0.2, 0) is 13.0 Å². The van der Waals surface area contributed by atoms with Crippen molar-refractivity contribution in [3.63, 3.8) is 0 Å². The molecular weight excluding hydrogens is 350 g/mol. The molecule has 1 N–H and O–H groups in total. The van der Waals surface area contributed by atoms with Crippen LogP contribution in [0.4, 0.5) is 5.69 Å². The van der Waals surface area contributed by atoms with E-state index >= 15 is 0 Å². The van der Waals surface area contributed by atoms with Gasteiger partial charge in [-0.2, -0.15) is 5.10 Å². The molecule has 2 aromatic rings. The molecule has 0 saturated carbocycles. The number of allylic oxidation sites excluding steroid dienone is 1. The van der Waals surface area contributed by atoms with Crippen LogP contribution in [0.5, 0.6) is 0 Å². The van der Waals surface area contributed by atoms with Crippen LogP contribution in [0.2, 0.25) is 0 Å². The number of anilines is 1. The SMILES string of the molecule is C=CCn1ncc(NC(C)Cc2ccc(C)s2)c(Br)c1=O. The zero-order valence-corrected chi connectivity index (χ0v) is 14.5. The number of aromatic nitrogens is 2. The molecule has 1 unspecified atom stereocenters. The summed E-state index contributed by atoms with van der Waals surface area (Å²) in [5.74, 6) is 0. The average Bonchev–Trinajstić information content (AvgIpc) is 2.84. The van der Waals surface area contributed by atoms with Gasteiger partial charge in [-0.3, -0.25) is 4.79 Å². The summed E-state index contributed by atoms with van der Waals surface area (Å²) in [5, 5.41) is 7.47. The van der Waals surface area contributed by atoms with Crippen LogP contribution in [-0.4, -0.2) is 15.8 Å². The van der Waals surface area contributed by atoms with Gasteiger partial charge in [-0.15, -0.1) is 17.9 Å². The van der Waals surface area contributed by atoms with Gasteiger partial charge in [-0.25, -0.2) is 4.68 Å². The molecule has 112 valence electrons. The monoisotopic (exact) mass is 367 g/mol. The molecule has 0 aliphatic carbocycles. The second-order valence-electron chi connectivity index (χ2n) is 4.91. The van der Waals surface area contributed by atoms with E-state index in [9.17, 15) is 4.79 Å². The smallest absolute Gasteiger partial charge is 0.283 e. The maximum absolute atomic E-state index is 12.1.